The first-order valence-electron chi connectivity index (χ1n) is 39.4. The van der Waals surface area contributed by atoms with Crippen LogP contribution in [-0.4, -0.2) is 137 Å². The van der Waals surface area contributed by atoms with Crippen LogP contribution in [0.1, 0.15) is 22.3 Å². The maximum atomic E-state index is 7.00. The number of aliphatic hydroxyl groups excluding tert-OH is 4. The zero-order chi connectivity index (χ0) is 86.5. The number of methoxy groups -OCH3 is 4. The van der Waals surface area contributed by atoms with Crippen LogP contribution in [0.4, 0.5) is 0 Å². The number of hydrogen-bond acceptors (Lipinski definition) is 20. The molecule has 638 valence electrons. The van der Waals surface area contributed by atoms with Gasteiger partial charge in [-0.1, -0.05) is 315 Å². The molecule has 24 nitrogen and oxygen atoms in total. The normalized spacial score (nSPS) is 10.5. The molecule has 6 aromatic heterocycles. The van der Waals surface area contributed by atoms with E-state index in [9.17, 15) is 0 Å². The van der Waals surface area contributed by atoms with Crippen molar-refractivity contribution in [1.29, 1.82) is 0 Å². The number of aromatic nitrogens is 16. The van der Waals surface area contributed by atoms with Crippen LogP contribution in [-0.2, 0) is 79.5 Å². The van der Waals surface area contributed by atoms with Gasteiger partial charge in [-0.15, -0.1) is 0 Å². The van der Waals surface area contributed by atoms with E-state index in [1.54, 1.807) is 28.4 Å². The van der Waals surface area contributed by atoms with E-state index in [1.165, 1.54) is 22.3 Å². The van der Waals surface area contributed by atoms with E-state index in [0.717, 1.165) is 116 Å². The molecule has 10 heterocycles. The van der Waals surface area contributed by atoms with Gasteiger partial charge in [0.15, 0.2) is 0 Å². The number of fused-ring (bicyclic) bond motifs is 40. The summed E-state index contributed by atoms with van der Waals surface area (Å²) in [4.78, 5) is 78.5. The molecule has 4 aliphatic rings. The zero-order valence-corrected chi connectivity index (χ0v) is 71.9. The third-order valence-electron chi connectivity index (χ3n) is 19.3. The summed E-state index contributed by atoms with van der Waals surface area (Å²) in [6.45, 7) is 2.84. The predicted octanol–water partition coefficient (Wildman–Crippen LogP) is 18.0. The molecule has 0 spiro atoms. The van der Waals surface area contributed by atoms with Gasteiger partial charge in [-0.3, -0.25) is 0 Å². The first-order chi connectivity index (χ1) is 61.3. The van der Waals surface area contributed by atoms with Gasteiger partial charge in [0.1, 0.15) is 0 Å². The van der Waals surface area contributed by atoms with E-state index in [-0.39, 0.29) is 34.1 Å². The molecule has 26 heteroatoms. The number of rotatable bonds is 8. The topological polar surface area (TPSA) is 329 Å². The standard InChI is InChI=1S/2C32H16N8.4C8H10O.4CH4O.2Cu/c2*1-2-10-18-17(9-1)25-33-26(18)38-28-21-13-5-6-14-22(21)30(35-28)40-32-24-16-8-7-15-23(24)31(36-32)39-29-20-12-4-3-11-19(20)27(34-29)37-25;4*1-9-7-8-5-3-2-4-6-8;4*1-2;;/h2*1-16H;4*2-6H,7H2,1H3;4*2H,1H3;;/q2*-2;;;;;;;;;2*+2. The maximum Gasteiger partial charge on any atom is 2.00 e. The average Bonchev–Trinajstić information content (AvgIpc) is 1.60. The van der Waals surface area contributed by atoms with Crippen LogP contribution in [0.3, 0.4) is 0 Å². The summed E-state index contributed by atoms with van der Waals surface area (Å²) in [5.74, 6) is 4.42. The number of hydrogen-bond donors (Lipinski definition) is 4. The molecular weight excluding hydrogens is 1680 g/mol. The summed E-state index contributed by atoms with van der Waals surface area (Å²) in [7, 11) is 10.8. The van der Waals surface area contributed by atoms with Crippen LogP contribution in [0.25, 0.3) is 179 Å². The molecule has 0 unspecified atom stereocenters. The van der Waals surface area contributed by atoms with E-state index in [0.29, 0.717) is 118 Å². The molecule has 0 atom stereocenters. The van der Waals surface area contributed by atoms with Crippen molar-refractivity contribution in [3.8, 4) is 91.1 Å². The van der Waals surface area contributed by atoms with Crippen LogP contribution in [0.2, 0.25) is 0 Å². The van der Waals surface area contributed by atoms with Gasteiger partial charge in [-0.25, -0.2) is 19.9 Å². The van der Waals surface area contributed by atoms with Crippen LogP contribution in [0.15, 0.2) is 315 Å². The zero-order valence-electron chi connectivity index (χ0n) is 70.0. The molecule has 16 bridgehead atoms. The molecule has 4 aliphatic heterocycles. The summed E-state index contributed by atoms with van der Waals surface area (Å²) < 4.78 is 19.7. The Bertz CT molecular complexity index is 5830. The molecule has 0 saturated carbocycles. The Labute approximate surface area is 748 Å². The van der Waals surface area contributed by atoms with Crippen molar-refractivity contribution in [3.63, 3.8) is 0 Å². The summed E-state index contributed by atoms with van der Waals surface area (Å²) >= 11 is 0. The second kappa shape index (κ2) is 46.5. The Morgan fingerprint density at radius 1 is 0.175 bits per heavy atom. The van der Waals surface area contributed by atoms with Crippen molar-refractivity contribution >= 4 is 88.3 Å². The van der Waals surface area contributed by atoms with Crippen LogP contribution >= 0.6 is 0 Å². The number of nitrogens with zero attached hydrogens (tertiary/aromatic N) is 16. The van der Waals surface area contributed by atoms with Gasteiger partial charge in [-0.05, 0) is 65.3 Å². The Hall–Kier alpha value is -13.9. The fourth-order valence-electron chi connectivity index (χ4n) is 13.9. The molecule has 0 fully saturated rings. The van der Waals surface area contributed by atoms with Crippen molar-refractivity contribution in [2.45, 2.75) is 26.4 Å². The molecular formula is C100H88Cu2N16O8. The fraction of sp³-hybridized carbons (Fsp3) is 0.120. The van der Waals surface area contributed by atoms with Crippen molar-refractivity contribution in [3.05, 3.63) is 338 Å². The first kappa shape index (κ1) is 92.8. The Morgan fingerprint density at radius 2 is 0.294 bits per heavy atom. The monoisotopic (exact) mass is 1770 g/mol. The summed E-state index contributed by atoms with van der Waals surface area (Å²) in [5, 5.41) is 35.1. The summed E-state index contributed by atoms with van der Waals surface area (Å²) in [6.07, 6.45) is 0. The first-order valence-corrected chi connectivity index (χ1v) is 39.4. The van der Waals surface area contributed by atoms with Crippen molar-refractivity contribution in [2.75, 3.05) is 56.9 Å². The van der Waals surface area contributed by atoms with Crippen LogP contribution in [0, 0.1) is 0 Å². The molecule has 0 amide bonds. The number of aliphatic hydroxyl groups is 4. The molecule has 18 aromatic rings. The van der Waals surface area contributed by atoms with E-state index in [2.05, 4.69) is 0 Å². The molecule has 0 saturated heterocycles. The van der Waals surface area contributed by atoms with Gasteiger partial charge in [0, 0.05) is 147 Å². The molecule has 0 aliphatic carbocycles. The Morgan fingerprint density at radius 3 is 0.421 bits per heavy atom. The summed E-state index contributed by atoms with van der Waals surface area (Å²) in [6, 6.07) is 104. The largest absolute Gasteiger partial charge is 2.00 e. The van der Waals surface area contributed by atoms with Crippen molar-refractivity contribution in [1.82, 2.24) is 79.7 Å². The van der Waals surface area contributed by atoms with Gasteiger partial charge < -0.3 is 99.2 Å². The Balaban J connectivity index is 0.000000165. The molecule has 2 radical (unpaired) electrons. The van der Waals surface area contributed by atoms with Crippen molar-refractivity contribution in [2.24, 2.45) is 0 Å². The molecule has 4 N–H and O–H groups in total. The minimum Gasteiger partial charge on any atom is -0.400 e. The van der Waals surface area contributed by atoms with E-state index in [4.69, 9.17) is 119 Å². The minimum absolute atomic E-state index is 0. The summed E-state index contributed by atoms with van der Waals surface area (Å²) in [5.41, 5.74) is 16.5. The SMILES string of the molecule is CO.CO.CO.CO.COCc1ccccc1.COCc1ccccc1.COCc1ccccc1.COCc1ccccc1.[Cu+2].[Cu+2].c1ccc2c(c1)-c1nc-2nc2[n-]c(nc3nc(nc4[n-]c(n1)c1ccccc41)-c1ccccc1-3)c1ccccc21.c1ccc2c(c1)-c1nc-2nc2[n-]c(nc3nc(nc4[n-]c(n1)c1ccccc41)-c1ccccc1-3)c1ccccc21. The smallest absolute Gasteiger partial charge is 0.400 e. The molecule has 126 heavy (non-hydrogen) atoms. The maximum absolute atomic E-state index is 7.00. The van der Waals surface area contributed by atoms with E-state index in [1.807, 2.05) is 315 Å². The van der Waals surface area contributed by atoms with Gasteiger partial charge in [0.2, 0.25) is 0 Å². The predicted molar refractivity (Wildman–Crippen MR) is 489 cm³/mol. The Kier molecular flexibility index (Phi) is 34.3. The van der Waals surface area contributed by atoms with Crippen LogP contribution < -0.4 is 19.9 Å². The van der Waals surface area contributed by atoms with Crippen molar-refractivity contribution < 1.29 is 73.5 Å². The second-order valence-electron chi connectivity index (χ2n) is 27.0. The molecule has 12 aromatic carbocycles. The minimum atomic E-state index is 0. The second-order valence-corrected chi connectivity index (χ2v) is 27.0. The van der Waals surface area contributed by atoms with E-state index >= 15 is 0 Å². The van der Waals surface area contributed by atoms with Gasteiger partial charge in [0.25, 0.3) is 0 Å². The van der Waals surface area contributed by atoms with Gasteiger partial charge in [0.05, 0.1) is 73.0 Å². The quantitative estimate of drug-likeness (QED) is 0.103. The number of benzene rings is 12. The number of ether oxygens (including phenoxy) is 4. The van der Waals surface area contributed by atoms with Gasteiger partial charge >= 0.3 is 34.1 Å². The van der Waals surface area contributed by atoms with Gasteiger partial charge in [-0.2, -0.15) is 0 Å². The fourth-order valence-corrected chi connectivity index (χ4v) is 13.9. The third kappa shape index (κ3) is 21.6. The molecule has 22 rings (SSSR count). The van der Waals surface area contributed by atoms with E-state index < -0.39 is 0 Å². The van der Waals surface area contributed by atoms with Crippen LogP contribution in [0.5, 0.6) is 0 Å². The average molecular weight is 1770 g/mol. The third-order valence-corrected chi connectivity index (χ3v) is 19.3.